The van der Waals surface area contributed by atoms with Gasteiger partial charge < -0.3 is 20.2 Å². The molecule has 0 aliphatic carbocycles. The van der Waals surface area contributed by atoms with Gasteiger partial charge in [0, 0.05) is 25.4 Å². The SMILES string of the molecule is Cc1cn(C)c2c1NC(=O)C(NC(=O)c1nnc(Cc3ccccc3)[nH]1)CC2. The maximum Gasteiger partial charge on any atom is 0.289 e. The second-order valence-corrected chi connectivity index (χ2v) is 7.08. The van der Waals surface area contributed by atoms with E-state index < -0.39 is 11.9 Å². The third-order valence-corrected chi connectivity index (χ3v) is 5.00. The van der Waals surface area contributed by atoms with Gasteiger partial charge in [-0.25, -0.2) is 0 Å². The fourth-order valence-corrected chi connectivity index (χ4v) is 3.56. The number of aryl methyl sites for hydroxylation is 2. The Morgan fingerprint density at radius 2 is 2.07 bits per heavy atom. The van der Waals surface area contributed by atoms with Gasteiger partial charge in [0.25, 0.3) is 5.91 Å². The molecule has 1 aliphatic heterocycles. The van der Waals surface area contributed by atoms with Gasteiger partial charge in [-0.15, -0.1) is 10.2 Å². The summed E-state index contributed by atoms with van der Waals surface area (Å²) in [5, 5.41) is 13.7. The molecule has 2 aromatic heterocycles. The maximum atomic E-state index is 12.6. The first-order valence-corrected chi connectivity index (χ1v) is 9.23. The Morgan fingerprint density at radius 1 is 1.29 bits per heavy atom. The van der Waals surface area contributed by atoms with E-state index in [0.717, 1.165) is 22.5 Å². The second kappa shape index (κ2) is 7.30. The number of nitrogens with zero attached hydrogens (tertiary/aromatic N) is 3. The van der Waals surface area contributed by atoms with Gasteiger partial charge in [0.2, 0.25) is 11.7 Å². The van der Waals surface area contributed by atoms with Gasteiger partial charge in [-0.1, -0.05) is 30.3 Å². The number of H-pyrrole nitrogens is 1. The van der Waals surface area contributed by atoms with E-state index in [1.807, 2.05) is 55.1 Å². The van der Waals surface area contributed by atoms with Crippen LogP contribution in [-0.2, 0) is 24.7 Å². The summed E-state index contributed by atoms with van der Waals surface area (Å²) in [5.41, 5.74) is 3.99. The quantitative estimate of drug-likeness (QED) is 0.643. The molecule has 4 rings (SSSR count). The molecule has 3 N–H and O–H groups in total. The molecule has 144 valence electrons. The van der Waals surface area contributed by atoms with Crippen LogP contribution >= 0.6 is 0 Å². The van der Waals surface area contributed by atoms with Crippen molar-refractivity contribution in [3.63, 3.8) is 0 Å². The summed E-state index contributed by atoms with van der Waals surface area (Å²) in [4.78, 5) is 28.1. The van der Waals surface area contributed by atoms with Crippen molar-refractivity contribution in [2.75, 3.05) is 5.32 Å². The molecule has 0 fully saturated rings. The molecule has 0 bridgehead atoms. The zero-order valence-electron chi connectivity index (χ0n) is 15.8. The number of aromatic nitrogens is 4. The minimum Gasteiger partial charge on any atom is -0.352 e. The third kappa shape index (κ3) is 3.53. The van der Waals surface area contributed by atoms with Crippen LogP contribution in [0.15, 0.2) is 36.5 Å². The predicted molar refractivity (Wildman–Crippen MR) is 104 cm³/mol. The van der Waals surface area contributed by atoms with Crippen LogP contribution in [0.2, 0.25) is 0 Å². The monoisotopic (exact) mass is 378 g/mol. The average Bonchev–Trinajstić information content (AvgIpc) is 3.19. The first kappa shape index (κ1) is 18.0. The molecule has 1 aliphatic rings. The zero-order chi connectivity index (χ0) is 19.7. The Kier molecular flexibility index (Phi) is 4.68. The highest BCUT2D eigenvalue weighted by Crippen LogP contribution is 2.27. The molecule has 28 heavy (non-hydrogen) atoms. The molecule has 3 aromatic rings. The summed E-state index contributed by atoms with van der Waals surface area (Å²) in [6.45, 7) is 1.96. The van der Waals surface area contributed by atoms with E-state index in [-0.39, 0.29) is 11.7 Å². The topological polar surface area (TPSA) is 105 Å². The van der Waals surface area contributed by atoms with Crippen molar-refractivity contribution in [1.82, 2.24) is 25.1 Å². The molecule has 8 heteroatoms. The maximum absolute atomic E-state index is 12.6. The molecular formula is C20H22N6O2. The van der Waals surface area contributed by atoms with Crippen molar-refractivity contribution in [2.24, 2.45) is 7.05 Å². The summed E-state index contributed by atoms with van der Waals surface area (Å²) in [6, 6.07) is 9.19. The minimum atomic E-state index is -0.623. The van der Waals surface area contributed by atoms with Gasteiger partial charge in [0.15, 0.2) is 0 Å². The standard InChI is InChI=1S/C20H22N6O2/c1-12-11-26(2)15-9-8-14(19(27)23-17(12)15)21-20(28)18-22-16(24-25-18)10-13-6-4-3-5-7-13/h3-7,11,14H,8-10H2,1-2H3,(H,21,28)(H,23,27)(H,22,24,25). The Hall–Kier alpha value is -3.42. The summed E-state index contributed by atoms with van der Waals surface area (Å²) in [6.07, 6.45) is 3.76. The van der Waals surface area contributed by atoms with Crippen LogP contribution in [0.5, 0.6) is 0 Å². The third-order valence-electron chi connectivity index (χ3n) is 5.00. The fourth-order valence-electron chi connectivity index (χ4n) is 3.56. The number of amides is 2. The van der Waals surface area contributed by atoms with Gasteiger partial charge in [-0.2, -0.15) is 0 Å². The highest BCUT2D eigenvalue weighted by molar-refractivity contribution is 6.01. The molecule has 1 atom stereocenters. The van der Waals surface area contributed by atoms with E-state index >= 15 is 0 Å². The molecule has 1 aromatic carbocycles. The van der Waals surface area contributed by atoms with E-state index in [0.29, 0.717) is 25.1 Å². The predicted octanol–water partition coefficient (Wildman–Crippen LogP) is 1.73. The highest BCUT2D eigenvalue weighted by atomic mass is 16.2. The Morgan fingerprint density at radius 3 is 2.86 bits per heavy atom. The number of anilines is 1. The highest BCUT2D eigenvalue weighted by Gasteiger charge is 2.28. The number of aromatic amines is 1. The first-order valence-electron chi connectivity index (χ1n) is 9.23. The van der Waals surface area contributed by atoms with Gasteiger partial charge in [-0.3, -0.25) is 9.59 Å². The zero-order valence-corrected chi connectivity index (χ0v) is 15.8. The number of hydrogen-bond acceptors (Lipinski definition) is 4. The largest absolute Gasteiger partial charge is 0.352 e. The smallest absolute Gasteiger partial charge is 0.289 e. The number of carbonyl (C=O) groups excluding carboxylic acids is 2. The van der Waals surface area contributed by atoms with E-state index in [9.17, 15) is 9.59 Å². The summed E-state index contributed by atoms with van der Waals surface area (Å²) < 4.78 is 2.02. The van der Waals surface area contributed by atoms with E-state index in [1.54, 1.807) is 0 Å². The lowest BCUT2D eigenvalue weighted by atomic mass is 10.1. The van der Waals surface area contributed by atoms with Crippen LogP contribution in [-0.4, -0.2) is 37.6 Å². The molecule has 1 unspecified atom stereocenters. The lowest BCUT2D eigenvalue weighted by Crippen LogP contribution is -2.43. The second-order valence-electron chi connectivity index (χ2n) is 7.08. The van der Waals surface area contributed by atoms with Gasteiger partial charge in [-0.05, 0) is 30.9 Å². The summed E-state index contributed by atoms with van der Waals surface area (Å²) >= 11 is 0. The number of hydrogen-bond donors (Lipinski definition) is 3. The van der Waals surface area contributed by atoms with Crippen molar-refractivity contribution in [2.45, 2.75) is 32.2 Å². The average molecular weight is 378 g/mol. The van der Waals surface area contributed by atoms with E-state index in [4.69, 9.17) is 0 Å². The van der Waals surface area contributed by atoms with Crippen LogP contribution < -0.4 is 10.6 Å². The molecule has 0 spiro atoms. The molecule has 8 nitrogen and oxygen atoms in total. The van der Waals surface area contributed by atoms with Crippen LogP contribution in [0.4, 0.5) is 5.69 Å². The molecule has 0 radical (unpaired) electrons. The molecule has 3 heterocycles. The lowest BCUT2D eigenvalue weighted by Gasteiger charge is -2.14. The van der Waals surface area contributed by atoms with Crippen molar-refractivity contribution in [3.05, 3.63) is 65.0 Å². The van der Waals surface area contributed by atoms with E-state index in [1.165, 1.54) is 0 Å². The molecule has 2 amide bonds. The summed E-state index contributed by atoms with van der Waals surface area (Å²) in [5.74, 6) is 0.0569. The normalized spacial score (nSPS) is 16.2. The molecular weight excluding hydrogens is 356 g/mol. The van der Waals surface area contributed by atoms with Crippen molar-refractivity contribution in [1.29, 1.82) is 0 Å². The van der Waals surface area contributed by atoms with Crippen LogP contribution in [0.1, 0.15) is 39.7 Å². The first-order chi connectivity index (χ1) is 13.5. The van der Waals surface area contributed by atoms with Crippen molar-refractivity contribution < 1.29 is 9.59 Å². The number of rotatable bonds is 4. The molecule has 0 saturated carbocycles. The Balaban J connectivity index is 1.43. The Labute approximate surface area is 162 Å². The number of carbonyl (C=O) groups is 2. The van der Waals surface area contributed by atoms with Crippen LogP contribution in [0.25, 0.3) is 0 Å². The number of nitrogens with one attached hydrogen (secondary N) is 3. The molecule has 0 saturated heterocycles. The van der Waals surface area contributed by atoms with Crippen molar-refractivity contribution in [3.8, 4) is 0 Å². The fraction of sp³-hybridized carbons (Fsp3) is 0.300. The van der Waals surface area contributed by atoms with Gasteiger partial charge in [0.05, 0.1) is 5.69 Å². The van der Waals surface area contributed by atoms with Gasteiger partial charge >= 0.3 is 0 Å². The van der Waals surface area contributed by atoms with Gasteiger partial charge in [0.1, 0.15) is 11.9 Å². The van der Waals surface area contributed by atoms with E-state index in [2.05, 4.69) is 25.8 Å². The van der Waals surface area contributed by atoms with Crippen LogP contribution in [0, 0.1) is 6.92 Å². The lowest BCUT2D eigenvalue weighted by molar-refractivity contribution is -0.118. The van der Waals surface area contributed by atoms with Crippen LogP contribution in [0.3, 0.4) is 0 Å². The summed E-state index contributed by atoms with van der Waals surface area (Å²) in [7, 11) is 1.96. The minimum absolute atomic E-state index is 0.108. The number of fused-ring (bicyclic) bond motifs is 1. The number of benzene rings is 1. The Bertz CT molecular complexity index is 1020. The van der Waals surface area contributed by atoms with Crippen molar-refractivity contribution >= 4 is 17.5 Å².